The van der Waals surface area contributed by atoms with Crippen LogP contribution in [-0.2, 0) is 11.3 Å². The van der Waals surface area contributed by atoms with E-state index in [-0.39, 0.29) is 5.75 Å². The van der Waals surface area contributed by atoms with Crippen molar-refractivity contribution in [3.8, 4) is 5.75 Å². The summed E-state index contributed by atoms with van der Waals surface area (Å²) in [6, 6.07) is 4.75. The van der Waals surface area contributed by atoms with Crippen LogP contribution in [0.5, 0.6) is 5.75 Å². The highest BCUT2D eigenvalue weighted by atomic mass is 19.1. The number of methoxy groups -OCH3 is 1. The van der Waals surface area contributed by atoms with Crippen molar-refractivity contribution < 1.29 is 19.0 Å². The number of carbonyl (C=O) groups is 1. The van der Waals surface area contributed by atoms with Crippen LogP contribution in [0.25, 0.3) is 0 Å². The molecule has 3 rings (SSSR count). The van der Waals surface area contributed by atoms with Gasteiger partial charge in [0, 0.05) is 12.6 Å². The molecule has 1 saturated carbocycles. The smallest absolute Gasteiger partial charge is 0.320 e. The van der Waals surface area contributed by atoms with Gasteiger partial charge in [0.15, 0.2) is 11.6 Å². The first-order valence-electron chi connectivity index (χ1n) is 7.91. The van der Waals surface area contributed by atoms with Crippen molar-refractivity contribution >= 4 is 5.97 Å². The van der Waals surface area contributed by atoms with Gasteiger partial charge >= 0.3 is 5.97 Å². The molecular weight excluding hydrogens is 285 g/mol. The van der Waals surface area contributed by atoms with Gasteiger partial charge in [-0.1, -0.05) is 18.9 Å². The molecule has 1 N–H and O–H groups in total. The molecule has 0 amide bonds. The molecule has 4 nitrogen and oxygen atoms in total. The van der Waals surface area contributed by atoms with Crippen molar-refractivity contribution in [1.82, 2.24) is 4.90 Å². The molecule has 1 aliphatic heterocycles. The zero-order valence-electron chi connectivity index (χ0n) is 12.8. The zero-order chi connectivity index (χ0) is 15.7. The first-order valence-corrected chi connectivity index (χ1v) is 7.91. The molecule has 2 fully saturated rings. The van der Waals surface area contributed by atoms with Gasteiger partial charge in [-0.3, -0.25) is 9.69 Å². The first kappa shape index (κ1) is 15.3. The summed E-state index contributed by atoms with van der Waals surface area (Å²) in [6.07, 6.45) is 5.23. The van der Waals surface area contributed by atoms with E-state index in [2.05, 4.69) is 4.90 Å². The predicted molar refractivity (Wildman–Crippen MR) is 80.3 cm³/mol. The van der Waals surface area contributed by atoms with Gasteiger partial charge in [-0.05, 0) is 42.9 Å². The molecule has 22 heavy (non-hydrogen) atoms. The average Bonchev–Trinajstić information content (AvgIpc) is 2.87. The quantitative estimate of drug-likeness (QED) is 0.929. The van der Waals surface area contributed by atoms with Crippen molar-refractivity contribution in [2.45, 2.75) is 50.7 Å². The fraction of sp³-hybridized carbons (Fsp3) is 0.588. The van der Waals surface area contributed by atoms with Gasteiger partial charge in [-0.2, -0.15) is 0 Å². The molecular formula is C17H22FNO3. The van der Waals surface area contributed by atoms with E-state index in [4.69, 9.17) is 4.74 Å². The molecule has 1 saturated heterocycles. The van der Waals surface area contributed by atoms with Crippen LogP contribution in [-0.4, -0.2) is 35.2 Å². The Balaban J connectivity index is 1.81. The maximum atomic E-state index is 13.9. The number of benzene rings is 1. The number of hydrogen-bond donors (Lipinski definition) is 1. The van der Waals surface area contributed by atoms with E-state index in [0.717, 1.165) is 31.2 Å². The number of aliphatic carboxylic acids is 1. The molecule has 1 aliphatic carbocycles. The lowest BCUT2D eigenvalue weighted by atomic mass is 9.84. The molecule has 0 spiro atoms. The van der Waals surface area contributed by atoms with E-state index in [1.54, 1.807) is 6.07 Å². The summed E-state index contributed by atoms with van der Waals surface area (Å²) in [6.45, 7) is 0.485. The maximum absolute atomic E-state index is 13.9. The Hall–Kier alpha value is -1.62. The van der Waals surface area contributed by atoms with Crippen LogP contribution >= 0.6 is 0 Å². The van der Waals surface area contributed by atoms with Gasteiger partial charge in [0.05, 0.1) is 7.11 Å². The zero-order valence-corrected chi connectivity index (χ0v) is 12.8. The molecule has 1 heterocycles. The lowest BCUT2D eigenvalue weighted by Gasteiger charge is -2.33. The fourth-order valence-electron chi connectivity index (χ4n) is 4.04. The first-order chi connectivity index (χ1) is 10.6. The summed E-state index contributed by atoms with van der Waals surface area (Å²) in [4.78, 5) is 13.6. The molecule has 0 aromatic heterocycles. The summed E-state index contributed by atoms with van der Waals surface area (Å²) in [5.41, 5.74) is 0.802. The highest BCUT2D eigenvalue weighted by Gasteiger charge is 2.44. The van der Waals surface area contributed by atoms with Crippen LogP contribution < -0.4 is 4.74 Å². The Morgan fingerprint density at radius 2 is 2.18 bits per heavy atom. The summed E-state index contributed by atoms with van der Waals surface area (Å²) < 4.78 is 18.8. The number of carboxylic acid groups (broad SMARTS) is 1. The molecule has 0 radical (unpaired) electrons. The molecule has 0 bridgehead atoms. The predicted octanol–water partition coefficient (Wildman–Crippen LogP) is 3.05. The Morgan fingerprint density at radius 3 is 2.86 bits per heavy atom. The van der Waals surface area contributed by atoms with E-state index < -0.39 is 17.8 Å². The Kier molecular flexibility index (Phi) is 4.34. The van der Waals surface area contributed by atoms with E-state index in [1.807, 2.05) is 6.07 Å². The molecule has 3 atom stereocenters. The summed E-state index contributed by atoms with van der Waals surface area (Å²) in [7, 11) is 1.44. The van der Waals surface area contributed by atoms with Crippen LogP contribution in [0.4, 0.5) is 4.39 Å². The lowest BCUT2D eigenvalue weighted by Crippen LogP contribution is -2.41. The number of fused-ring (bicyclic) bond motifs is 1. The number of rotatable bonds is 4. The van der Waals surface area contributed by atoms with Gasteiger partial charge in [-0.25, -0.2) is 4.39 Å². The van der Waals surface area contributed by atoms with Crippen LogP contribution in [0.3, 0.4) is 0 Å². The van der Waals surface area contributed by atoms with Crippen molar-refractivity contribution in [1.29, 1.82) is 0 Å². The standard InChI is InChI=1S/C17H22FNO3/c1-22-16-7-6-11(8-13(16)18)10-19-14-5-3-2-4-12(14)9-15(19)17(20)21/h6-8,12,14-15H,2-5,9-10H2,1H3,(H,20,21). The molecule has 3 unspecified atom stereocenters. The third-order valence-electron chi connectivity index (χ3n) is 5.09. The molecule has 1 aromatic carbocycles. The number of likely N-dealkylation sites (tertiary alicyclic amines) is 1. The average molecular weight is 307 g/mol. The number of carboxylic acids is 1. The summed E-state index contributed by atoms with van der Waals surface area (Å²) in [5.74, 6) is -0.469. The van der Waals surface area contributed by atoms with Gasteiger partial charge in [-0.15, -0.1) is 0 Å². The Labute approximate surface area is 129 Å². The van der Waals surface area contributed by atoms with Crippen molar-refractivity contribution in [3.63, 3.8) is 0 Å². The van der Waals surface area contributed by atoms with Gasteiger partial charge < -0.3 is 9.84 Å². The summed E-state index contributed by atoms with van der Waals surface area (Å²) >= 11 is 0. The summed E-state index contributed by atoms with van der Waals surface area (Å²) in [5, 5.41) is 9.51. The van der Waals surface area contributed by atoms with Crippen molar-refractivity contribution in [2.75, 3.05) is 7.11 Å². The Morgan fingerprint density at radius 1 is 1.41 bits per heavy atom. The fourth-order valence-corrected chi connectivity index (χ4v) is 4.04. The van der Waals surface area contributed by atoms with Crippen LogP contribution in [0.2, 0.25) is 0 Å². The highest BCUT2D eigenvalue weighted by Crippen LogP contribution is 2.40. The SMILES string of the molecule is COc1ccc(CN2C(C(=O)O)CC3CCCCC32)cc1F. The van der Waals surface area contributed by atoms with Gasteiger partial charge in [0.1, 0.15) is 6.04 Å². The van der Waals surface area contributed by atoms with E-state index >= 15 is 0 Å². The topological polar surface area (TPSA) is 49.8 Å². The minimum atomic E-state index is -0.761. The van der Waals surface area contributed by atoms with E-state index in [1.165, 1.54) is 19.6 Å². The number of ether oxygens (including phenoxy) is 1. The second kappa shape index (κ2) is 6.24. The van der Waals surface area contributed by atoms with Crippen molar-refractivity contribution in [2.24, 2.45) is 5.92 Å². The normalized spacial score (nSPS) is 28.4. The number of hydrogen-bond acceptors (Lipinski definition) is 3. The highest BCUT2D eigenvalue weighted by molar-refractivity contribution is 5.74. The second-order valence-electron chi connectivity index (χ2n) is 6.34. The molecule has 120 valence electrons. The Bertz CT molecular complexity index is 563. The van der Waals surface area contributed by atoms with Crippen molar-refractivity contribution in [3.05, 3.63) is 29.6 Å². The number of halogens is 1. The monoisotopic (exact) mass is 307 g/mol. The van der Waals surface area contributed by atoms with E-state index in [9.17, 15) is 14.3 Å². The van der Waals surface area contributed by atoms with Gasteiger partial charge in [0.25, 0.3) is 0 Å². The van der Waals surface area contributed by atoms with Crippen LogP contribution in [0.1, 0.15) is 37.7 Å². The largest absolute Gasteiger partial charge is 0.494 e. The van der Waals surface area contributed by atoms with Crippen LogP contribution in [0, 0.1) is 11.7 Å². The maximum Gasteiger partial charge on any atom is 0.320 e. The van der Waals surface area contributed by atoms with E-state index in [0.29, 0.717) is 18.5 Å². The van der Waals surface area contributed by atoms with Crippen LogP contribution in [0.15, 0.2) is 18.2 Å². The molecule has 2 aliphatic rings. The third-order valence-corrected chi connectivity index (χ3v) is 5.09. The molecule has 5 heteroatoms. The minimum Gasteiger partial charge on any atom is -0.494 e. The lowest BCUT2D eigenvalue weighted by molar-refractivity contribution is -0.142. The number of nitrogens with zero attached hydrogens (tertiary/aromatic N) is 1. The van der Waals surface area contributed by atoms with Gasteiger partial charge in [0.2, 0.25) is 0 Å². The minimum absolute atomic E-state index is 0.218. The second-order valence-corrected chi connectivity index (χ2v) is 6.34. The molecule has 1 aromatic rings. The third kappa shape index (κ3) is 2.82.